The molecule has 186 valence electrons. The number of anilines is 1. The predicted molar refractivity (Wildman–Crippen MR) is 138 cm³/mol. The fourth-order valence-electron chi connectivity index (χ4n) is 4.31. The smallest absolute Gasteiger partial charge is 0.300 e. The van der Waals surface area contributed by atoms with Gasteiger partial charge in [-0.15, -0.1) is 0 Å². The maximum atomic E-state index is 13.4. The minimum atomic E-state index is -0.881. The Kier molecular flexibility index (Phi) is 7.22. The number of nitrogens with zero attached hydrogens (tertiary/aromatic N) is 1. The Morgan fingerprint density at radius 2 is 1.69 bits per heavy atom. The number of rotatable bonds is 7. The lowest BCUT2D eigenvalue weighted by Crippen LogP contribution is -2.29. The number of carbonyl (C=O) groups is 2. The van der Waals surface area contributed by atoms with E-state index in [0.29, 0.717) is 29.4 Å². The second-order valence-corrected chi connectivity index (χ2v) is 8.60. The van der Waals surface area contributed by atoms with Gasteiger partial charge in [0, 0.05) is 11.8 Å². The molecule has 0 bridgehead atoms. The third-order valence-electron chi connectivity index (χ3n) is 5.96. The number of Topliss-reactive ketones (excluding diaryl/α,β-unsaturated/α-hetero) is 1. The van der Waals surface area contributed by atoms with E-state index in [2.05, 4.69) is 0 Å². The number of methoxy groups -OCH3 is 2. The van der Waals surface area contributed by atoms with Crippen molar-refractivity contribution in [2.75, 3.05) is 25.7 Å². The fraction of sp³-hybridized carbons (Fsp3) is 0.214. The van der Waals surface area contributed by atoms with Crippen molar-refractivity contribution < 1.29 is 28.9 Å². The molecule has 1 aliphatic heterocycles. The molecule has 3 aromatic rings. The third kappa shape index (κ3) is 4.50. The molecule has 0 saturated carbocycles. The molecule has 1 atom stereocenters. The highest BCUT2D eigenvalue weighted by Crippen LogP contribution is 2.45. The Hall–Kier alpha value is -3.97. The average Bonchev–Trinajstić information content (AvgIpc) is 3.14. The number of benzene rings is 3. The molecule has 1 N–H and O–H groups in total. The van der Waals surface area contributed by atoms with E-state index in [-0.39, 0.29) is 21.9 Å². The van der Waals surface area contributed by atoms with Crippen LogP contribution < -0.4 is 19.1 Å². The molecule has 4 rings (SSSR count). The Morgan fingerprint density at radius 1 is 1.00 bits per heavy atom. The first-order valence-corrected chi connectivity index (χ1v) is 11.7. The van der Waals surface area contributed by atoms with Crippen molar-refractivity contribution in [1.29, 1.82) is 0 Å². The molecule has 8 heteroatoms. The number of ether oxygens (including phenoxy) is 3. The Labute approximate surface area is 214 Å². The van der Waals surface area contributed by atoms with Gasteiger partial charge in [-0.25, -0.2) is 0 Å². The van der Waals surface area contributed by atoms with Gasteiger partial charge < -0.3 is 19.3 Å². The molecule has 1 unspecified atom stereocenters. The summed E-state index contributed by atoms with van der Waals surface area (Å²) in [6.45, 7) is 4.29. The Morgan fingerprint density at radius 3 is 2.31 bits per heavy atom. The van der Waals surface area contributed by atoms with Gasteiger partial charge in [0.2, 0.25) is 0 Å². The number of amides is 1. The van der Waals surface area contributed by atoms with Crippen LogP contribution in [0.4, 0.5) is 5.69 Å². The van der Waals surface area contributed by atoms with Gasteiger partial charge >= 0.3 is 0 Å². The topological polar surface area (TPSA) is 85.3 Å². The quantitative estimate of drug-likeness (QED) is 0.251. The summed E-state index contributed by atoms with van der Waals surface area (Å²) in [5.74, 6) is -0.746. The highest BCUT2D eigenvalue weighted by atomic mass is 35.5. The second-order valence-electron chi connectivity index (χ2n) is 8.20. The maximum Gasteiger partial charge on any atom is 0.300 e. The number of hydrogen-bond donors (Lipinski definition) is 1. The molecule has 1 amide bonds. The van der Waals surface area contributed by atoms with Crippen LogP contribution in [0, 0.1) is 6.92 Å². The number of halogens is 1. The second kappa shape index (κ2) is 10.3. The SMILES string of the molecule is CCOc1ccc(N2C(=O)C(=O)/C(=C(/O)c3cc(Cl)c(OC)cc3OC)C2c2cccc(C)c2)cc1. The summed E-state index contributed by atoms with van der Waals surface area (Å²) in [6.07, 6.45) is 0. The zero-order chi connectivity index (χ0) is 26.0. The number of hydrogen-bond acceptors (Lipinski definition) is 6. The molecular formula is C28H26ClNO6. The lowest BCUT2D eigenvalue weighted by atomic mass is 9.94. The largest absolute Gasteiger partial charge is 0.507 e. The van der Waals surface area contributed by atoms with Crippen molar-refractivity contribution in [3.63, 3.8) is 0 Å². The standard InChI is InChI=1S/C28H26ClNO6/c1-5-36-19-11-9-18(10-12-19)30-25(17-8-6-7-16(2)13-17)24(27(32)28(30)33)26(31)20-14-21(29)23(35-4)15-22(20)34-3/h6-15,25,31H,5H2,1-4H3/b26-24+. The summed E-state index contributed by atoms with van der Waals surface area (Å²) >= 11 is 6.33. The van der Waals surface area contributed by atoms with Crippen molar-refractivity contribution in [3.8, 4) is 17.2 Å². The van der Waals surface area contributed by atoms with Crippen LogP contribution in [0.2, 0.25) is 5.02 Å². The summed E-state index contributed by atoms with van der Waals surface area (Å²) in [5, 5.41) is 11.7. The summed E-state index contributed by atoms with van der Waals surface area (Å²) < 4.78 is 16.2. The van der Waals surface area contributed by atoms with Gasteiger partial charge in [0.15, 0.2) is 0 Å². The predicted octanol–water partition coefficient (Wildman–Crippen LogP) is 5.69. The minimum Gasteiger partial charge on any atom is -0.507 e. The number of aliphatic hydroxyl groups is 1. The molecule has 7 nitrogen and oxygen atoms in total. The van der Waals surface area contributed by atoms with Crippen molar-refractivity contribution >= 4 is 34.7 Å². The molecule has 1 aliphatic rings. The molecule has 0 aromatic heterocycles. The van der Waals surface area contributed by atoms with Crippen molar-refractivity contribution in [2.24, 2.45) is 0 Å². The van der Waals surface area contributed by atoms with E-state index in [0.717, 1.165) is 5.56 Å². The molecule has 36 heavy (non-hydrogen) atoms. The van der Waals surface area contributed by atoms with Gasteiger partial charge in [-0.2, -0.15) is 0 Å². The zero-order valence-electron chi connectivity index (χ0n) is 20.4. The fourth-order valence-corrected chi connectivity index (χ4v) is 4.56. The van der Waals surface area contributed by atoms with E-state index < -0.39 is 23.5 Å². The molecule has 1 fully saturated rings. The van der Waals surface area contributed by atoms with Crippen LogP contribution in [-0.2, 0) is 9.59 Å². The van der Waals surface area contributed by atoms with E-state index >= 15 is 0 Å². The molecule has 0 aliphatic carbocycles. The van der Waals surface area contributed by atoms with Crippen LogP contribution in [-0.4, -0.2) is 37.6 Å². The average molecular weight is 508 g/mol. The summed E-state index contributed by atoms with van der Waals surface area (Å²) in [7, 11) is 2.89. The van der Waals surface area contributed by atoms with Crippen molar-refractivity contribution in [3.05, 3.63) is 87.9 Å². The zero-order valence-corrected chi connectivity index (χ0v) is 21.1. The van der Waals surface area contributed by atoms with Gasteiger partial charge in [0.05, 0.1) is 43.0 Å². The molecule has 1 saturated heterocycles. The summed E-state index contributed by atoms with van der Waals surface area (Å²) in [5.41, 5.74) is 2.20. The van der Waals surface area contributed by atoms with E-state index in [1.54, 1.807) is 24.3 Å². The van der Waals surface area contributed by atoms with Gasteiger partial charge in [-0.05, 0) is 49.7 Å². The number of carbonyl (C=O) groups excluding carboxylic acids is 2. The monoisotopic (exact) mass is 507 g/mol. The van der Waals surface area contributed by atoms with Crippen LogP contribution in [0.5, 0.6) is 17.2 Å². The van der Waals surface area contributed by atoms with Crippen LogP contribution >= 0.6 is 11.6 Å². The maximum absolute atomic E-state index is 13.4. The lowest BCUT2D eigenvalue weighted by molar-refractivity contribution is -0.132. The molecular weight excluding hydrogens is 482 g/mol. The number of ketones is 1. The summed E-state index contributed by atoms with van der Waals surface area (Å²) in [4.78, 5) is 28.2. The van der Waals surface area contributed by atoms with Gasteiger partial charge in [-0.3, -0.25) is 14.5 Å². The highest BCUT2D eigenvalue weighted by Gasteiger charge is 2.47. The van der Waals surface area contributed by atoms with Crippen LogP contribution in [0.3, 0.4) is 0 Å². The van der Waals surface area contributed by atoms with Gasteiger partial charge in [0.25, 0.3) is 11.7 Å². The van der Waals surface area contributed by atoms with Crippen LogP contribution in [0.1, 0.15) is 29.7 Å². The molecule has 0 spiro atoms. The third-order valence-corrected chi connectivity index (χ3v) is 6.25. The minimum absolute atomic E-state index is 0.0704. The van der Waals surface area contributed by atoms with E-state index in [1.807, 2.05) is 38.1 Å². The Bertz CT molecular complexity index is 1350. The first kappa shape index (κ1) is 25.1. The molecule has 0 radical (unpaired) electrons. The Balaban J connectivity index is 1.95. The van der Waals surface area contributed by atoms with Gasteiger partial charge in [-0.1, -0.05) is 41.4 Å². The van der Waals surface area contributed by atoms with Crippen LogP contribution in [0.25, 0.3) is 5.76 Å². The molecule has 3 aromatic carbocycles. The van der Waals surface area contributed by atoms with Crippen LogP contribution in [0.15, 0.2) is 66.2 Å². The lowest BCUT2D eigenvalue weighted by Gasteiger charge is -2.26. The number of aliphatic hydroxyl groups excluding tert-OH is 1. The van der Waals surface area contributed by atoms with E-state index in [4.69, 9.17) is 25.8 Å². The summed E-state index contributed by atoms with van der Waals surface area (Å²) in [6, 6.07) is 16.4. The molecule has 1 heterocycles. The first-order chi connectivity index (χ1) is 17.3. The first-order valence-electron chi connectivity index (χ1n) is 11.3. The van der Waals surface area contributed by atoms with E-state index in [1.165, 1.54) is 31.3 Å². The van der Waals surface area contributed by atoms with Gasteiger partial charge in [0.1, 0.15) is 23.0 Å². The number of aryl methyl sites for hydroxylation is 1. The highest BCUT2D eigenvalue weighted by molar-refractivity contribution is 6.51. The van der Waals surface area contributed by atoms with Crippen molar-refractivity contribution in [1.82, 2.24) is 0 Å². The normalized spacial score (nSPS) is 16.8. The van der Waals surface area contributed by atoms with Crippen molar-refractivity contribution in [2.45, 2.75) is 19.9 Å². The van der Waals surface area contributed by atoms with E-state index in [9.17, 15) is 14.7 Å².